The van der Waals surface area contributed by atoms with E-state index in [0.29, 0.717) is 25.2 Å². The number of rotatable bonds is 4. The number of likely N-dealkylation sites (N-methyl/N-ethyl adjacent to an activating group) is 1. The molecule has 0 aliphatic carbocycles. The summed E-state index contributed by atoms with van der Waals surface area (Å²) in [7, 11) is 1.93. The van der Waals surface area contributed by atoms with Gasteiger partial charge >= 0.3 is 12.4 Å². The standard InChI is InChI=1S/C21H20F7N3O/c1-30-6-8-31(9-7-30)12-14-2-4-15(11-16(14)20(23,24)25)29-19(32)13-3-5-18(22)17(10-13)21(26,27)28/h2-5,10-11H,6-9,12H2,1H3,(H,29,32). The fourth-order valence-electron chi connectivity index (χ4n) is 3.39. The maximum Gasteiger partial charge on any atom is 0.419 e. The Balaban J connectivity index is 1.82. The minimum Gasteiger partial charge on any atom is -0.322 e. The van der Waals surface area contributed by atoms with Gasteiger partial charge in [-0.1, -0.05) is 6.07 Å². The highest BCUT2D eigenvalue weighted by Crippen LogP contribution is 2.35. The molecular formula is C21H20F7N3O. The van der Waals surface area contributed by atoms with Gasteiger partial charge < -0.3 is 10.2 Å². The first kappa shape index (κ1) is 24.0. The third-order valence-corrected chi connectivity index (χ3v) is 5.20. The second-order valence-corrected chi connectivity index (χ2v) is 7.60. The van der Waals surface area contributed by atoms with E-state index in [9.17, 15) is 35.5 Å². The van der Waals surface area contributed by atoms with Crippen LogP contribution in [0.2, 0.25) is 0 Å². The molecule has 32 heavy (non-hydrogen) atoms. The average molecular weight is 463 g/mol. The zero-order chi connectivity index (χ0) is 23.7. The summed E-state index contributed by atoms with van der Waals surface area (Å²) in [4.78, 5) is 16.3. The van der Waals surface area contributed by atoms with Gasteiger partial charge in [-0.3, -0.25) is 9.69 Å². The largest absolute Gasteiger partial charge is 0.419 e. The Morgan fingerprint density at radius 3 is 2.12 bits per heavy atom. The number of nitrogens with zero attached hydrogens (tertiary/aromatic N) is 2. The quantitative estimate of drug-likeness (QED) is 0.658. The van der Waals surface area contributed by atoms with E-state index in [1.165, 1.54) is 12.1 Å². The van der Waals surface area contributed by atoms with Crippen LogP contribution in [0, 0.1) is 5.82 Å². The van der Waals surface area contributed by atoms with E-state index in [4.69, 9.17) is 0 Å². The van der Waals surface area contributed by atoms with E-state index in [2.05, 4.69) is 10.2 Å². The number of hydrogen-bond donors (Lipinski definition) is 1. The van der Waals surface area contributed by atoms with Crippen molar-refractivity contribution in [3.63, 3.8) is 0 Å². The SMILES string of the molecule is CN1CCN(Cc2ccc(NC(=O)c3ccc(F)c(C(F)(F)F)c3)cc2C(F)(F)F)CC1. The first-order valence-electron chi connectivity index (χ1n) is 9.63. The number of alkyl halides is 6. The van der Waals surface area contributed by atoms with Crippen LogP contribution in [-0.4, -0.2) is 48.9 Å². The molecule has 1 N–H and O–H groups in total. The van der Waals surface area contributed by atoms with Crippen molar-refractivity contribution in [1.29, 1.82) is 0 Å². The number of nitrogens with one attached hydrogen (secondary N) is 1. The Hall–Kier alpha value is -2.66. The summed E-state index contributed by atoms with van der Waals surface area (Å²) >= 11 is 0. The van der Waals surface area contributed by atoms with Gasteiger partial charge in [0.25, 0.3) is 5.91 Å². The molecule has 0 atom stereocenters. The van der Waals surface area contributed by atoms with Crippen LogP contribution in [0.5, 0.6) is 0 Å². The van der Waals surface area contributed by atoms with Crippen molar-refractivity contribution in [2.75, 3.05) is 38.5 Å². The maximum atomic E-state index is 13.6. The van der Waals surface area contributed by atoms with Crippen LogP contribution < -0.4 is 5.32 Å². The number of anilines is 1. The zero-order valence-corrected chi connectivity index (χ0v) is 16.9. The second-order valence-electron chi connectivity index (χ2n) is 7.60. The lowest BCUT2D eigenvalue weighted by Gasteiger charge is -2.33. The van der Waals surface area contributed by atoms with Gasteiger partial charge in [0.05, 0.1) is 11.1 Å². The van der Waals surface area contributed by atoms with Gasteiger partial charge in [-0.2, -0.15) is 26.3 Å². The van der Waals surface area contributed by atoms with Gasteiger partial charge in [0.2, 0.25) is 0 Å². The molecule has 2 aromatic rings. The molecule has 174 valence electrons. The minimum absolute atomic E-state index is 0.0289. The predicted octanol–water partition coefficient (Wildman–Crippen LogP) is 4.86. The summed E-state index contributed by atoms with van der Waals surface area (Å²) in [6.45, 7) is 2.75. The normalized spacial score (nSPS) is 16.2. The lowest BCUT2D eigenvalue weighted by atomic mass is 10.0. The molecule has 0 saturated carbocycles. The number of hydrogen-bond acceptors (Lipinski definition) is 3. The number of benzene rings is 2. The third-order valence-electron chi connectivity index (χ3n) is 5.20. The molecule has 1 heterocycles. The van der Waals surface area contributed by atoms with Crippen LogP contribution in [0.1, 0.15) is 27.0 Å². The highest BCUT2D eigenvalue weighted by Gasteiger charge is 2.36. The van der Waals surface area contributed by atoms with Crippen LogP contribution in [0.3, 0.4) is 0 Å². The fraction of sp³-hybridized carbons (Fsp3) is 0.381. The van der Waals surface area contributed by atoms with E-state index in [1.54, 1.807) is 0 Å². The molecule has 1 amide bonds. The molecular weight excluding hydrogens is 443 g/mol. The number of carbonyl (C=O) groups is 1. The molecule has 2 aromatic carbocycles. The van der Waals surface area contributed by atoms with E-state index >= 15 is 0 Å². The molecule has 1 aliphatic rings. The van der Waals surface area contributed by atoms with Gasteiger partial charge in [0.15, 0.2) is 0 Å². The number of amides is 1. The topological polar surface area (TPSA) is 35.6 Å². The van der Waals surface area contributed by atoms with Gasteiger partial charge in [-0.15, -0.1) is 0 Å². The van der Waals surface area contributed by atoms with Crippen molar-refractivity contribution in [2.24, 2.45) is 0 Å². The maximum absolute atomic E-state index is 13.6. The van der Waals surface area contributed by atoms with Crippen molar-refractivity contribution in [3.05, 3.63) is 64.5 Å². The van der Waals surface area contributed by atoms with Gasteiger partial charge in [-0.05, 0) is 42.9 Å². The Bertz CT molecular complexity index is 980. The van der Waals surface area contributed by atoms with Crippen molar-refractivity contribution < 1.29 is 35.5 Å². The average Bonchev–Trinajstić information content (AvgIpc) is 2.69. The van der Waals surface area contributed by atoms with E-state index < -0.39 is 40.8 Å². The van der Waals surface area contributed by atoms with Crippen molar-refractivity contribution in [2.45, 2.75) is 18.9 Å². The summed E-state index contributed by atoms with van der Waals surface area (Å²) in [6.07, 6.45) is -9.71. The molecule has 1 saturated heterocycles. The van der Waals surface area contributed by atoms with E-state index in [0.717, 1.165) is 25.2 Å². The predicted molar refractivity (Wildman–Crippen MR) is 104 cm³/mol. The van der Waals surface area contributed by atoms with Crippen LogP contribution in [0.4, 0.5) is 36.4 Å². The molecule has 1 aliphatic heterocycles. The molecule has 0 bridgehead atoms. The highest BCUT2D eigenvalue weighted by atomic mass is 19.4. The number of piperazine rings is 1. The molecule has 0 spiro atoms. The summed E-state index contributed by atoms with van der Waals surface area (Å²) in [6, 6.07) is 4.87. The molecule has 11 heteroatoms. The molecule has 0 unspecified atom stereocenters. The van der Waals surface area contributed by atoms with Crippen LogP contribution in [0.15, 0.2) is 36.4 Å². The molecule has 0 aromatic heterocycles. The monoisotopic (exact) mass is 463 g/mol. The first-order valence-corrected chi connectivity index (χ1v) is 9.63. The molecule has 4 nitrogen and oxygen atoms in total. The van der Waals surface area contributed by atoms with Crippen molar-refractivity contribution in [1.82, 2.24) is 9.80 Å². The Kier molecular flexibility index (Phi) is 6.80. The van der Waals surface area contributed by atoms with E-state index in [-0.39, 0.29) is 17.8 Å². The Morgan fingerprint density at radius 1 is 0.906 bits per heavy atom. The number of halogens is 7. The Labute approximate surface area is 179 Å². The van der Waals surface area contributed by atoms with Crippen molar-refractivity contribution in [3.8, 4) is 0 Å². The molecule has 0 radical (unpaired) electrons. The minimum atomic E-state index is -5.02. The van der Waals surface area contributed by atoms with Crippen molar-refractivity contribution >= 4 is 11.6 Å². The van der Waals surface area contributed by atoms with Gasteiger partial charge in [0.1, 0.15) is 5.82 Å². The fourth-order valence-corrected chi connectivity index (χ4v) is 3.39. The summed E-state index contributed by atoms with van der Waals surface area (Å²) in [5.41, 5.74) is -3.31. The van der Waals surface area contributed by atoms with E-state index in [1.807, 2.05) is 11.9 Å². The summed E-state index contributed by atoms with van der Waals surface area (Å²) in [5, 5.41) is 2.16. The Morgan fingerprint density at radius 2 is 1.53 bits per heavy atom. The lowest BCUT2D eigenvalue weighted by Crippen LogP contribution is -2.44. The second kappa shape index (κ2) is 9.07. The van der Waals surface area contributed by atoms with Gasteiger partial charge in [0, 0.05) is 44.0 Å². The summed E-state index contributed by atoms with van der Waals surface area (Å²) < 4.78 is 92.9. The number of carbonyl (C=O) groups excluding carboxylic acids is 1. The van der Waals surface area contributed by atoms with Crippen LogP contribution >= 0.6 is 0 Å². The zero-order valence-electron chi connectivity index (χ0n) is 16.9. The highest BCUT2D eigenvalue weighted by molar-refractivity contribution is 6.04. The smallest absolute Gasteiger partial charge is 0.322 e. The lowest BCUT2D eigenvalue weighted by molar-refractivity contribution is -0.140. The first-order chi connectivity index (χ1) is 14.8. The molecule has 3 rings (SSSR count). The third kappa shape index (κ3) is 5.77. The van der Waals surface area contributed by atoms with Gasteiger partial charge in [-0.25, -0.2) is 4.39 Å². The molecule has 1 fully saturated rings. The van der Waals surface area contributed by atoms with Crippen LogP contribution in [-0.2, 0) is 18.9 Å². The summed E-state index contributed by atoms with van der Waals surface area (Å²) in [5.74, 6) is -2.64. The van der Waals surface area contributed by atoms with Crippen LogP contribution in [0.25, 0.3) is 0 Å².